The lowest BCUT2D eigenvalue weighted by atomic mass is 9.94. The fraction of sp³-hybridized carbons (Fsp3) is 0.931. The van der Waals surface area contributed by atoms with Crippen molar-refractivity contribution in [2.45, 2.75) is 173 Å². The van der Waals surface area contributed by atoms with Crippen LogP contribution >= 0.6 is 11.8 Å². The predicted molar refractivity (Wildman–Crippen MR) is 391 cm³/mol. The molecular formula is C58H100O58S8. The van der Waals surface area contributed by atoms with Gasteiger partial charge in [0.25, 0.3) is 0 Å². The lowest BCUT2D eigenvalue weighted by molar-refractivity contribution is -0.388. The van der Waals surface area contributed by atoms with E-state index in [4.69, 9.17) is 122 Å². The molecule has 0 aliphatic carbocycles. The van der Waals surface area contributed by atoms with Crippen molar-refractivity contribution in [2.24, 2.45) is 0 Å². The van der Waals surface area contributed by atoms with Gasteiger partial charge < -0.3 is 124 Å². The standard InChI is InChI=1S/C58H100O58S8/c1-30(59)117-25-24-98-19-18-95-14-15-96-20-21-99-26-31(60)10-9-11-93-12-13-94-16-17-97-22-23-100-35-32(27-101-118(65,66)67)105-55(47(89-5)38(35)86-2)109-41-39(87-3)48(90-6)57(111-45(41)52(61)62)108-37-34(29-103-120(71,72)73)106-58(51(116-124(83,84)85)44(37)114-122(77,78)79)110-42-40(88-4)49(91-7)56(112-46(42)53(63)64)107-36-33(28-102-119(68,69)70)104-54(92-8)50(115-123(80,81)82)43(36)113-121(74,75)76/h32-51,54-58H,9-29H2,1-8H3,(H,61,62)(H,63,64)(H,65,66,67)(H,68,69,70)(H,71,72,73)(H,74,75,76)(H,77,78,79)(H,80,81,82)(H,83,84,85)/t32-,33-,34-,35-,36?,37?,38+,39+,40+,41+,42+,43+,44+,45+,46-,47-,48-,49-,50-,51-,54+,55-,56-,57-,58-/m1/s1. The molecule has 0 aromatic carbocycles. The van der Waals surface area contributed by atoms with Gasteiger partial charge in [0.1, 0.15) is 104 Å². The van der Waals surface area contributed by atoms with Gasteiger partial charge >= 0.3 is 84.7 Å². The van der Waals surface area contributed by atoms with E-state index >= 15 is 0 Å². The molecule has 0 saturated carbocycles. The first-order valence-corrected chi connectivity index (χ1v) is 46.4. The Morgan fingerprint density at radius 1 is 0.306 bits per heavy atom. The van der Waals surface area contributed by atoms with Crippen molar-refractivity contribution in [1.82, 2.24) is 0 Å². The van der Waals surface area contributed by atoms with E-state index in [1.807, 2.05) is 0 Å². The van der Waals surface area contributed by atoms with Crippen LogP contribution < -0.4 is 0 Å². The largest absolute Gasteiger partial charge is 0.479 e. The number of carboxylic acid groups (broad SMARTS) is 2. The number of thioether (sulfide) groups is 1. The Morgan fingerprint density at radius 3 is 0.935 bits per heavy atom. The monoisotopic (exact) mass is 1980 g/mol. The van der Waals surface area contributed by atoms with E-state index < -0.39 is 258 Å². The third kappa shape index (κ3) is 38.9. The van der Waals surface area contributed by atoms with Crippen molar-refractivity contribution in [3.05, 3.63) is 0 Å². The normalized spacial score (nSPS) is 31.4. The molecule has 2 unspecified atom stereocenters. The molecule has 58 nitrogen and oxygen atoms in total. The lowest BCUT2D eigenvalue weighted by Gasteiger charge is -2.51. The second-order valence-electron chi connectivity index (χ2n) is 25.6. The number of hydrogen-bond donors (Lipinski definition) is 9. The summed E-state index contributed by atoms with van der Waals surface area (Å²) >= 11 is 1.18. The number of ether oxygens (including phenoxy) is 24. The zero-order chi connectivity index (χ0) is 92.7. The van der Waals surface area contributed by atoms with Gasteiger partial charge in [0.2, 0.25) is 0 Å². The first-order chi connectivity index (χ1) is 58.0. The van der Waals surface area contributed by atoms with Crippen LogP contribution in [0.2, 0.25) is 0 Å². The van der Waals surface area contributed by atoms with Crippen molar-refractivity contribution in [3.8, 4) is 0 Å². The van der Waals surface area contributed by atoms with Crippen LogP contribution in [0.3, 0.4) is 0 Å². The molecule has 0 radical (unpaired) electrons. The molecule has 0 bridgehead atoms. The number of carboxylic acids is 2. The quantitative estimate of drug-likeness (QED) is 0.0202. The molecule has 0 spiro atoms. The number of Topliss-reactive ketones (excluding diaryl/α,β-unsaturated/α-hetero) is 1. The molecule has 0 aromatic rings. The van der Waals surface area contributed by atoms with Crippen molar-refractivity contribution < 1.29 is 263 Å². The smallest absolute Gasteiger partial charge is 0.397 e. The van der Waals surface area contributed by atoms with Crippen LogP contribution in [-0.2, 0) is 235 Å². The van der Waals surface area contributed by atoms with Gasteiger partial charge in [0, 0.05) is 75.5 Å². The van der Waals surface area contributed by atoms with Crippen molar-refractivity contribution in [2.75, 3.05) is 174 Å². The molecule has 0 amide bonds. The van der Waals surface area contributed by atoms with E-state index in [1.54, 1.807) is 0 Å². The van der Waals surface area contributed by atoms with Gasteiger partial charge in [0.15, 0.2) is 66.8 Å². The maximum atomic E-state index is 13.5. The molecule has 5 heterocycles. The highest BCUT2D eigenvalue weighted by atomic mass is 32.3. The topological polar surface area (TPSA) is 775 Å². The summed E-state index contributed by atoms with van der Waals surface area (Å²) in [5.41, 5.74) is 0. The first kappa shape index (κ1) is 111. The second-order valence-corrected chi connectivity index (χ2v) is 34.4. The maximum absolute atomic E-state index is 13.5. The number of carbonyl (C=O) groups is 4. The van der Waals surface area contributed by atoms with Crippen LogP contribution in [0.25, 0.3) is 0 Å². The van der Waals surface area contributed by atoms with Crippen LogP contribution in [0.5, 0.6) is 0 Å². The SMILES string of the molecule is CO[C@H]1O[C@H](COS(=O)(=O)O)C(O[C@@H]2O[C@@H](C(=O)O)[C@@H](O[C@H]3O[C@H](COS(=O)(=O)O)C(O[C@@H]4O[C@H](C(=O)O)[C@@H](O[C@H]5O[C@H](COS(=O)(=O)O)[C@@H](OCCOCCOCCOCCCC(=O)COCCOCCOCCOCCSC(C)=O)[C@H](OC)[C@H]5OC)[C@H](OC)[C@H]4OC)[C@H](OS(=O)(=O)O)[C@H]3OS(=O)(=O)O)[C@H](OC)[C@H]2OC)[C@H](OS(=O)(=O)O)[C@H]1OS(=O)(=O)O. The molecule has 5 rings (SSSR count). The van der Waals surface area contributed by atoms with Gasteiger partial charge in [-0.25, -0.2) is 38.9 Å². The van der Waals surface area contributed by atoms with Gasteiger partial charge in [-0.3, -0.25) is 41.5 Å². The molecular weight excluding hydrogens is 1880 g/mol. The Morgan fingerprint density at radius 2 is 0.597 bits per heavy atom. The summed E-state index contributed by atoms with van der Waals surface area (Å²) in [4.78, 5) is 50.2. The van der Waals surface area contributed by atoms with Crippen molar-refractivity contribution >= 4 is 107 Å². The molecule has 9 N–H and O–H groups in total. The van der Waals surface area contributed by atoms with Gasteiger partial charge in [-0.1, -0.05) is 11.8 Å². The molecule has 5 aliphatic heterocycles. The summed E-state index contributed by atoms with van der Waals surface area (Å²) in [6.07, 6.45) is -59.6. The number of methoxy groups -OCH3 is 7. The number of carbonyl (C=O) groups excluding carboxylic acids is 2. The Bertz CT molecular complexity index is 4080. The molecule has 0 aromatic heterocycles. The van der Waals surface area contributed by atoms with Gasteiger partial charge in [-0.05, 0) is 6.42 Å². The summed E-state index contributed by atoms with van der Waals surface area (Å²) in [5, 5.41) is 21.8. The fourth-order valence-electron chi connectivity index (χ4n) is 12.4. The van der Waals surface area contributed by atoms with E-state index in [0.29, 0.717) is 59.4 Å². The minimum Gasteiger partial charge on any atom is -0.479 e. The molecule has 25 atom stereocenters. The summed E-state index contributed by atoms with van der Waals surface area (Å²) in [6, 6.07) is 0. The Kier molecular flexibility index (Phi) is 47.4. The van der Waals surface area contributed by atoms with E-state index in [2.05, 4.69) is 20.9 Å². The molecule has 5 fully saturated rings. The van der Waals surface area contributed by atoms with Gasteiger partial charge in [-0.15, -0.1) is 0 Å². The Hall–Kier alpha value is -3.24. The highest BCUT2D eigenvalue weighted by Crippen LogP contribution is 2.42. The fourth-order valence-corrected chi connectivity index (χ4v) is 15.8. The minimum absolute atomic E-state index is 0.0124. The van der Waals surface area contributed by atoms with E-state index in [0.717, 1.165) is 35.5 Å². The van der Waals surface area contributed by atoms with Gasteiger partial charge in [-0.2, -0.15) is 58.9 Å². The van der Waals surface area contributed by atoms with Crippen molar-refractivity contribution in [3.63, 3.8) is 0 Å². The van der Waals surface area contributed by atoms with E-state index in [1.165, 1.54) is 18.7 Å². The van der Waals surface area contributed by atoms with E-state index in [-0.39, 0.29) is 83.4 Å². The van der Waals surface area contributed by atoms with Crippen LogP contribution in [-0.4, -0.2) is 452 Å². The van der Waals surface area contributed by atoms with E-state index in [9.17, 15) is 120 Å². The molecule has 5 saturated heterocycles. The summed E-state index contributed by atoms with van der Waals surface area (Å²) in [5.74, 6) is -3.91. The second kappa shape index (κ2) is 52.9. The zero-order valence-electron chi connectivity index (χ0n) is 66.6. The third-order valence-electron chi connectivity index (χ3n) is 17.3. The molecule has 124 heavy (non-hydrogen) atoms. The Balaban J connectivity index is 1.34. The lowest BCUT2D eigenvalue weighted by Crippen LogP contribution is -2.70. The Labute approximate surface area is 714 Å². The maximum Gasteiger partial charge on any atom is 0.397 e. The van der Waals surface area contributed by atoms with Crippen LogP contribution in [0.1, 0.15) is 19.8 Å². The zero-order valence-corrected chi connectivity index (χ0v) is 73.1. The molecule has 5 aliphatic rings. The molecule has 728 valence electrons. The summed E-state index contributed by atoms with van der Waals surface area (Å²) in [6.45, 7) is -0.767. The third-order valence-corrected chi connectivity index (χ3v) is 21.2. The predicted octanol–water partition coefficient (Wildman–Crippen LogP) is -6.60. The number of aliphatic carboxylic acids is 2. The number of hydrogen-bond acceptors (Lipinski definition) is 50. The summed E-state index contributed by atoms with van der Waals surface area (Å²) < 4.78 is 410. The highest BCUT2D eigenvalue weighted by molar-refractivity contribution is 8.13. The van der Waals surface area contributed by atoms with Crippen LogP contribution in [0, 0.1) is 0 Å². The number of rotatable bonds is 62. The molecule has 66 heteroatoms. The van der Waals surface area contributed by atoms with Crippen LogP contribution in [0.4, 0.5) is 0 Å². The number of ketones is 1. The van der Waals surface area contributed by atoms with Crippen molar-refractivity contribution in [1.29, 1.82) is 0 Å². The first-order valence-electron chi connectivity index (χ1n) is 35.8. The average Bonchev–Trinajstić information content (AvgIpc) is 0.753. The van der Waals surface area contributed by atoms with Crippen LogP contribution in [0.15, 0.2) is 0 Å². The average molecular weight is 1980 g/mol. The van der Waals surface area contributed by atoms with Gasteiger partial charge in [0.05, 0.1) is 106 Å². The highest BCUT2D eigenvalue weighted by Gasteiger charge is 2.63. The minimum atomic E-state index is -6.25. The summed E-state index contributed by atoms with van der Waals surface area (Å²) in [7, 11) is -34.9.